The Morgan fingerprint density at radius 2 is 1.77 bits per heavy atom. The van der Waals surface area contributed by atoms with E-state index in [0.717, 1.165) is 35.0 Å². The molecule has 0 bridgehead atoms. The van der Waals surface area contributed by atoms with E-state index in [1.807, 2.05) is 26.0 Å². The molecule has 1 aromatic heterocycles. The van der Waals surface area contributed by atoms with Crippen LogP contribution in [-0.2, 0) is 0 Å². The van der Waals surface area contributed by atoms with E-state index in [1.165, 1.54) is 24.2 Å². The Balaban J connectivity index is 1.61. The summed E-state index contributed by atoms with van der Waals surface area (Å²) in [7, 11) is 0. The number of nitrogens with one attached hydrogen (secondary N) is 2. The molecule has 2 amide bonds. The summed E-state index contributed by atoms with van der Waals surface area (Å²) in [4.78, 5) is 14.2. The summed E-state index contributed by atoms with van der Waals surface area (Å²) >= 11 is 1.41. The van der Waals surface area contributed by atoms with Gasteiger partial charge in [-0.05, 0) is 49.9 Å². The van der Waals surface area contributed by atoms with Gasteiger partial charge in [0.1, 0.15) is 0 Å². The Hall–Kier alpha value is -2.15. The number of aromatic nitrogens is 2. The first-order valence-electron chi connectivity index (χ1n) is 7.35. The standard InChI is InChI=1S/C15H19N5OS/c1-10-7-11(2)9-12(8-10)16-13(21)17-14-18-19-15(22-14)20-5-3-4-6-20/h7-9H,3-6H2,1-2H3,(H2,16,17,18,21). The number of hydrogen-bond acceptors (Lipinski definition) is 5. The van der Waals surface area contributed by atoms with Crippen LogP contribution in [0.5, 0.6) is 0 Å². The van der Waals surface area contributed by atoms with Gasteiger partial charge in [0.05, 0.1) is 0 Å². The molecule has 1 fully saturated rings. The van der Waals surface area contributed by atoms with Gasteiger partial charge in [-0.25, -0.2) is 4.79 Å². The van der Waals surface area contributed by atoms with Crippen LogP contribution in [0.25, 0.3) is 0 Å². The molecule has 22 heavy (non-hydrogen) atoms. The van der Waals surface area contributed by atoms with Crippen LogP contribution in [-0.4, -0.2) is 29.3 Å². The van der Waals surface area contributed by atoms with Crippen LogP contribution in [0.2, 0.25) is 0 Å². The number of hydrogen-bond donors (Lipinski definition) is 2. The van der Waals surface area contributed by atoms with E-state index in [-0.39, 0.29) is 6.03 Å². The van der Waals surface area contributed by atoms with E-state index >= 15 is 0 Å². The third-order valence-corrected chi connectivity index (χ3v) is 4.39. The summed E-state index contributed by atoms with van der Waals surface area (Å²) in [5.41, 5.74) is 3.00. The summed E-state index contributed by atoms with van der Waals surface area (Å²) in [6.45, 7) is 6.04. The quantitative estimate of drug-likeness (QED) is 0.910. The zero-order valence-corrected chi connectivity index (χ0v) is 13.5. The molecule has 0 radical (unpaired) electrons. The normalized spacial score (nSPS) is 14.2. The van der Waals surface area contributed by atoms with Crippen LogP contribution < -0.4 is 15.5 Å². The van der Waals surface area contributed by atoms with Crippen LogP contribution in [0, 0.1) is 13.8 Å². The Kier molecular flexibility index (Phi) is 4.24. The molecule has 1 aliphatic heterocycles. The summed E-state index contributed by atoms with van der Waals surface area (Å²) in [6.07, 6.45) is 2.38. The number of anilines is 3. The van der Waals surface area contributed by atoms with Crippen molar-refractivity contribution < 1.29 is 4.79 Å². The number of urea groups is 1. The van der Waals surface area contributed by atoms with Gasteiger partial charge < -0.3 is 10.2 Å². The minimum Gasteiger partial charge on any atom is -0.347 e. The first-order valence-corrected chi connectivity index (χ1v) is 8.16. The molecule has 0 unspecified atom stereocenters. The van der Waals surface area contributed by atoms with E-state index in [1.54, 1.807) is 0 Å². The maximum absolute atomic E-state index is 12.0. The van der Waals surface area contributed by atoms with Gasteiger partial charge in [0.2, 0.25) is 10.3 Å². The molecule has 0 atom stereocenters. The second-order valence-corrected chi connectivity index (χ2v) is 6.50. The van der Waals surface area contributed by atoms with Crippen molar-refractivity contribution >= 4 is 33.3 Å². The molecule has 3 rings (SSSR count). The third-order valence-electron chi connectivity index (χ3n) is 3.49. The van der Waals surface area contributed by atoms with Crippen molar-refractivity contribution in [1.82, 2.24) is 10.2 Å². The van der Waals surface area contributed by atoms with Crippen LogP contribution >= 0.6 is 11.3 Å². The minimum absolute atomic E-state index is 0.297. The zero-order chi connectivity index (χ0) is 15.5. The van der Waals surface area contributed by atoms with Crippen molar-refractivity contribution in [2.45, 2.75) is 26.7 Å². The van der Waals surface area contributed by atoms with Crippen molar-refractivity contribution in [3.05, 3.63) is 29.3 Å². The second kappa shape index (κ2) is 6.31. The van der Waals surface area contributed by atoms with Gasteiger partial charge in [0.25, 0.3) is 0 Å². The average Bonchev–Trinajstić information content (AvgIpc) is 3.07. The predicted octanol–water partition coefficient (Wildman–Crippen LogP) is 3.40. The van der Waals surface area contributed by atoms with E-state index < -0.39 is 0 Å². The SMILES string of the molecule is Cc1cc(C)cc(NC(=O)Nc2nnc(N3CCCC3)s2)c1. The fourth-order valence-electron chi connectivity index (χ4n) is 2.61. The van der Waals surface area contributed by atoms with E-state index in [9.17, 15) is 4.79 Å². The van der Waals surface area contributed by atoms with Gasteiger partial charge in [-0.2, -0.15) is 0 Å². The molecule has 0 aliphatic carbocycles. The molecule has 2 heterocycles. The lowest BCUT2D eigenvalue weighted by molar-refractivity contribution is 0.262. The topological polar surface area (TPSA) is 70.1 Å². The monoisotopic (exact) mass is 317 g/mol. The summed E-state index contributed by atoms with van der Waals surface area (Å²) < 4.78 is 0. The zero-order valence-electron chi connectivity index (χ0n) is 12.7. The highest BCUT2D eigenvalue weighted by Gasteiger charge is 2.17. The van der Waals surface area contributed by atoms with Gasteiger partial charge in [-0.1, -0.05) is 17.4 Å². The second-order valence-electron chi connectivity index (χ2n) is 5.54. The molecular formula is C15H19N5OS. The molecule has 2 N–H and O–H groups in total. The lowest BCUT2D eigenvalue weighted by Crippen LogP contribution is -2.19. The predicted molar refractivity (Wildman–Crippen MR) is 89.9 cm³/mol. The third kappa shape index (κ3) is 3.54. The van der Waals surface area contributed by atoms with E-state index in [0.29, 0.717) is 5.13 Å². The fraction of sp³-hybridized carbons (Fsp3) is 0.400. The van der Waals surface area contributed by atoms with Crippen LogP contribution in [0.4, 0.5) is 20.7 Å². The van der Waals surface area contributed by atoms with Crippen molar-refractivity contribution in [3.63, 3.8) is 0 Å². The Morgan fingerprint density at radius 3 is 2.45 bits per heavy atom. The summed E-state index contributed by atoms with van der Waals surface area (Å²) in [6, 6.07) is 5.63. The molecule has 116 valence electrons. The Bertz CT molecular complexity index is 658. The van der Waals surface area contributed by atoms with E-state index in [4.69, 9.17) is 0 Å². The van der Waals surface area contributed by atoms with Gasteiger partial charge in [0.15, 0.2) is 0 Å². The number of nitrogens with zero attached hydrogens (tertiary/aromatic N) is 3. The van der Waals surface area contributed by atoms with Crippen molar-refractivity contribution in [3.8, 4) is 0 Å². The molecule has 6 nitrogen and oxygen atoms in total. The highest BCUT2D eigenvalue weighted by atomic mass is 32.1. The minimum atomic E-state index is -0.297. The fourth-order valence-corrected chi connectivity index (χ4v) is 3.40. The Morgan fingerprint density at radius 1 is 1.09 bits per heavy atom. The highest BCUT2D eigenvalue weighted by Crippen LogP contribution is 2.27. The number of benzene rings is 1. The largest absolute Gasteiger partial charge is 0.347 e. The number of amides is 2. The molecule has 1 aliphatic rings. The lowest BCUT2D eigenvalue weighted by atomic mass is 10.1. The first kappa shape index (κ1) is 14.8. The van der Waals surface area contributed by atoms with Crippen LogP contribution in [0.15, 0.2) is 18.2 Å². The van der Waals surface area contributed by atoms with Crippen LogP contribution in [0.3, 0.4) is 0 Å². The van der Waals surface area contributed by atoms with Gasteiger partial charge in [-0.15, -0.1) is 10.2 Å². The Labute approximate surface area is 133 Å². The molecule has 2 aromatic rings. The van der Waals surface area contributed by atoms with Crippen molar-refractivity contribution in [2.75, 3.05) is 28.6 Å². The summed E-state index contributed by atoms with van der Waals surface area (Å²) in [5, 5.41) is 15.1. The lowest BCUT2D eigenvalue weighted by Gasteiger charge is -2.11. The van der Waals surface area contributed by atoms with Gasteiger partial charge >= 0.3 is 6.03 Å². The number of rotatable bonds is 3. The molecule has 0 spiro atoms. The number of aryl methyl sites for hydroxylation is 2. The van der Waals surface area contributed by atoms with Gasteiger partial charge in [0, 0.05) is 18.8 Å². The van der Waals surface area contributed by atoms with Crippen molar-refractivity contribution in [2.24, 2.45) is 0 Å². The average molecular weight is 317 g/mol. The first-order chi connectivity index (χ1) is 10.6. The maximum atomic E-state index is 12.0. The molecule has 1 aromatic carbocycles. The van der Waals surface area contributed by atoms with Crippen LogP contribution in [0.1, 0.15) is 24.0 Å². The molecular weight excluding hydrogens is 298 g/mol. The molecule has 7 heteroatoms. The highest BCUT2D eigenvalue weighted by molar-refractivity contribution is 7.19. The van der Waals surface area contributed by atoms with Crippen molar-refractivity contribution in [1.29, 1.82) is 0 Å². The summed E-state index contributed by atoms with van der Waals surface area (Å²) in [5.74, 6) is 0. The van der Waals surface area contributed by atoms with Gasteiger partial charge in [-0.3, -0.25) is 5.32 Å². The number of carbonyl (C=O) groups is 1. The molecule has 0 saturated carbocycles. The van der Waals surface area contributed by atoms with E-state index in [2.05, 4.69) is 31.8 Å². The smallest absolute Gasteiger partial charge is 0.325 e. The number of carbonyl (C=O) groups excluding carboxylic acids is 1. The maximum Gasteiger partial charge on any atom is 0.325 e. The molecule has 1 saturated heterocycles.